The molecular weight excluding hydrogens is 307 g/mol. The smallest absolute Gasteiger partial charge is 0.240 e. The van der Waals surface area contributed by atoms with Crippen molar-refractivity contribution in [3.63, 3.8) is 0 Å². The highest BCUT2D eigenvalue weighted by Crippen LogP contribution is 2.27. The van der Waals surface area contributed by atoms with Gasteiger partial charge in [-0.1, -0.05) is 0 Å². The topological polar surface area (TPSA) is 98.2 Å². The van der Waals surface area contributed by atoms with Gasteiger partial charge in [0.25, 0.3) is 0 Å². The molecule has 21 heavy (non-hydrogen) atoms. The zero-order chi connectivity index (χ0) is 15.8. The number of hydrogen-bond donors (Lipinski definition) is 3. The normalized spacial score (nSPS) is 11.4. The molecule has 0 heterocycles. The van der Waals surface area contributed by atoms with Gasteiger partial charge in [-0.3, -0.25) is 0 Å². The molecule has 0 saturated heterocycles. The van der Waals surface area contributed by atoms with Crippen molar-refractivity contribution >= 4 is 27.1 Å². The Hall–Kier alpha value is -2.26. The van der Waals surface area contributed by atoms with E-state index >= 15 is 0 Å². The number of nitrogens with two attached hydrogens (primary N) is 2. The predicted molar refractivity (Wildman–Crippen MR) is 71.8 cm³/mol. The highest BCUT2D eigenvalue weighted by Gasteiger charge is 2.15. The molecule has 0 radical (unpaired) electrons. The van der Waals surface area contributed by atoms with Crippen molar-refractivity contribution in [3.05, 3.63) is 47.8 Å². The van der Waals surface area contributed by atoms with Crippen LogP contribution < -0.4 is 16.2 Å². The van der Waals surface area contributed by atoms with Crippen LogP contribution in [0.5, 0.6) is 0 Å². The molecule has 0 bridgehead atoms. The first-order valence-electron chi connectivity index (χ1n) is 5.52. The van der Waals surface area contributed by atoms with Crippen molar-refractivity contribution in [2.45, 2.75) is 4.90 Å². The van der Waals surface area contributed by atoms with Crippen LogP contribution in [0, 0.1) is 17.5 Å². The Morgan fingerprint density at radius 3 is 2.05 bits per heavy atom. The van der Waals surface area contributed by atoms with E-state index in [1.54, 1.807) is 0 Å². The number of halogens is 3. The van der Waals surface area contributed by atoms with Gasteiger partial charge in [0.1, 0.15) is 16.4 Å². The SMILES string of the molecule is Nc1cc(Nc2c(F)cc(F)cc2F)ccc1S(N)(=O)=O. The average Bonchev–Trinajstić information content (AvgIpc) is 2.32. The van der Waals surface area contributed by atoms with E-state index in [0.29, 0.717) is 12.1 Å². The summed E-state index contributed by atoms with van der Waals surface area (Å²) in [5.41, 5.74) is 4.86. The van der Waals surface area contributed by atoms with E-state index in [4.69, 9.17) is 10.9 Å². The summed E-state index contributed by atoms with van der Waals surface area (Å²) in [5, 5.41) is 7.29. The van der Waals surface area contributed by atoms with E-state index in [1.807, 2.05) is 0 Å². The van der Waals surface area contributed by atoms with Gasteiger partial charge in [0.05, 0.1) is 5.69 Å². The second-order valence-corrected chi connectivity index (χ2v) is 5.70. The lowest BCUT2D eigenvalue weighted by Crippen LogP contribution is -2.14. The lowest BCUT2D eigenvalue weighted by Gasteiger charge is -2.11. The summed E-state index contributed by atoms with van der Waals surface area (Å²) in [6, 6.07) is 4.47. The summed E-state index contributed by atoms with van der Waals surface area (Å²) in [6.45, 7) is 0. The first-order valence-corrected chi connectivity index (χ1v) is 7.07. The molecule has 0 unspecified atom stereocenters. The van der Waals surface area contributed by atoms with Gasteiger partial charge >= 0.3 is 0 Å². The van der Waals surface area contributed by atoms with Crippen LogP contribution in [0.3, 0.4) is 0 Å². The molecule has 112 valence electrons. The Labute approximate surface area is 118 Å². The van der Waals surface area contributed by atoms with Gasteiger partial charge in [-0.15, -0.1) is 0 Å². The first-order chi connectivity index (χ1) is 9.68. The Kier molecular flexibility index (Phi) is 3.79. The molecule has 5 nitrogen and oxygen atoms in total. The van der Waals surface area contributed by atoms with Crippen LogP contribution in [0.2, 0.25) is 0 Å². The maximum absolute atomic E-state index is 13.5. The van der Waals surface area contributed by atoms with Crippen LogP contribution in [-0.4, -0.2) is 8.42 Å². The van der Waals surface area contributed by atoms with E-state index in [-0.39, 0.29) is 16.3 Å². The lowest BCUT2D eigenvalue weighted by molar-refractivity contribution is 0.549. The van der Waals surface area contributed by atoms with Crippen LogP contribution in [-0.2, 0) is 10.0 Å². The minimum absolute atomic E-state index is 0.115. The molecular formula is C12H10F3N3O2S. The van der Waals surface area contributed by atoms with Gasteiger partial charge in [-0.25, -0.2) is 26.7 Å². The molecule has 2 rings (SSSR count). The van der Waals surface area contributed by atoms with Gasteiger partial charge in [-0.2, -0.15) is 0 Å². The second kappa shape index (κ2) is 5.26. The van der Waals surface area contributed by atoms with Crippen molar-refractivity contribution < 1.29 is 21.6 Å². The third-order valence-electron chi connectivity index (χ3n) is 2.59. The number of sulfonamides is 1. The van der Waals surface area contributed by atoms with Gasteiger partial charge < -0.3 is 11.1 Å². The van der Waals surface area contributed by atoms with E-state index in [0.717, 1.165) is 12.1 Å². The highest BCUT2D eigenvalue weighted by molar-refractivity contribution is 7.89. The van der Waals surface area contributed by atoms with Gasteiger partial charge in [0.2, 0.25) is 10.0 Å². The minimum Gasteiger partial charge on any atom is -0.398 e. The zero-order valence-corrected chi connectivity index (χ0v) is 11.2. The molecule has 0 aliphatic rings. The third kappa shape index (κ3) is 3.26. The number of nitrogen functional groups attached to an aromatic ring is 1. The van der Waals surface area contributed by atoms with Crippen LogP contribution in [0.15, 0.2) is 35.2 Å². The quantitative estimate of drug-likeness (QED) is 0.755. The summed E-state index contributed by atoms with van der Waals surface area (Å²) in [5.74, 6) is -3.33. The molecule has 0 amide bonds. The standard InChI is InChI=1S/C12H10F3N3O2S/c13-6-3-8(14)12(9(15)4-6)18-7-1-2-11(10(16)5-7)21(17,19)20/h1-5,18H,16H2,(H2,17,19,20). The zero-order valence-electron chi connectivity index (χ0n) is 10.4. The summed E-state index contributed by atoms with van der Waals surface area (Å²) < 4.78 is 62.1. The third-order valence-corrected chi connectivity index (χ3v) is 3.58. The van der Waals surface area contributed by atoms with Crippen molar-refractivity contribution in [2.75, 3.05) is 11.1 Å². The van der Waals surface area contributed by atoms with Crippen molar-refractivity contribution in [1.29, 1.82) is 0 Å². The van der Waals surface area contributed by atoms with Crippen molar-refractivity contribution in [2.24, 2.45) is 5.14 Å². The largest absolute Gasteiger partial charge is 0.398 e. The maximum atomic E-state index is 13.5. The summed E-state index contributed by atoms with van der Waals surface area (Å²) in [4.78, 5) is -0.312. The minimum atomic E-state index is -4.00. The number of primary sulfonamides is 1. The Morgan fingerprint density at radius 1 is 1.00 bits per heavy atom. The van der Waals surface area contributed by atoms with E-state index in [9.17, 15) is 21.6 Å². The Bertz CT molecular complexity index is 786. The van der Waals surface area contributed by atoms with Crippen molar-refractivity contribution in [3.8, 4) is 0 Å². The number of benzene rings is 2. The molecule has 0 aliphatic carbocycles. The van der Waals surface area contributed by atoms with Crippen LogP contribution in [0.25, 0.3) is 0 Å². The fourth-order valence-corrected chi connectivity index (χ4v) is 2.34. The molecule has 0 fully saturated rings. The van der Waals surface area contributed by atoms with E-state index < -0.39 is 33.2 Å². The molecule has 5 N–H and O–H groups in total. The van der Waals surface area contributed by atoms with E-state index in [2.05, 4.69) is 5.32 Å². The molecule has 0 saturated carbocycles. The maximum Gasteiger partial charge on any atom is 0.240 e. The number of anilines is 3. The van der Waals surface area contributed by atoms with Crippen LogP contribution in [0.4, 0.5) is 30.2 Å². The molecule has 9 heteroatoms. The summed E-state index contributed by atoms with van der Waals surface area (Å²) in [7, 11) is -4.00. The Balaban J connectivity index is 2.40. The second-order valence-electron chi connectivity index (χ2n) is 4.17. The molecule has 0 aliphatic heterocycles. The molecule has 0 atom stereocenters. The molecule has 2 aromatic carbocycles. The van der Waals surface area contributed by atoms with Crippen molar-refractivity contribution in [1.82, 2.24) is 0 Å². The van der Waals surface area contributed by atoms with E-state index in [1.165, 1.54) is 6.07 Å². The fourth-order valence-electron chi connectivity index (χ4n) is 1.69. The first kappa shape index (κ1) is 15.1. The molecule has 0 spiro atoms. The average molecular weight is 317 g/mol. The summed E-state index contributed by atoms with van der Waals surface area (Å²) in [6.07, 6.45) is 0. The monoisotopic (exact) mass is 317 g/mol. The molecule has 0 aromatic heterocycles. The summed E-state index contributed by atoms with van der Waals surface area (Å²) >= 11 is 0. The predicted octanol–water partition coefficient (Wildman–Crippen LogP) is 2.08. The van der Waals surface area contributed by atoms with Gasteiger partial charge in [0.15, 0.2) is 11.6 Å². The number of nitrogens with one attached hydrogen (secondary N) is 1. The van der Waals surface area contributed by atoms with Gasteiger partial charge in [0, 0.05) is 17.8 Å². The highest BCUT2D eigenvalue weighted by atomic mass is 32.2. The molecule has 2 aromatic rings. The lowest BCUT2D eigenvalue weighted by atomic mass is 10.2. The van der Waals surface area contributed by atoms with Crippen LogP contribution >= 0.6 is 0 Å². The Morgan fingerprint density at radius 2 is 1.57 bits per heavy atom. The number of hydrogen-bond acceptors (Lipinski definition) is 4. The van der Waals surface area contributed by atoms with Crippen LogP contribution in [0.1, 0.15) is 0 Å². The number of rotatable bonds is 3. The fraction of sp³-hybridized carbons (Fsp3) is 0. The van der Waals surface area contributed by atoms with Gasteiger partial charge in [-0.05, 0) is 18.2 Å².